The number of carbonyl (C=O) groups is 1. The smallest absolute Gasteiger partial charge is 0.387 e. The summed E-state index contributed by atoms with van der Waals surface area (Å²) >= 11 is 6.11. The van der Waals surface area contributed by atoms with E-state index in [1.807, 2.05) is 25.1 Å². The topological polar surface area (TPSA) is 50.4 Å². The second-order valence-electron chi connectivity index (χ2n) is 5.08. The molecule has 0 aliphatic rings. The molecule has 2 rings (SSSR count). The highest BCUT2D eigenvalue weighted by Gasteiger charge is 2.11. The molecule has 4 nitrogen and oxygen atoms in total. The molecular weight excluding hydrogens is 338 g/mol. The predicted octanol–water partition coefficient (Wildman–Crippen LogP) is 4.23. The molecule has 128 valence electrons. The first-order valence-electron chi connectivity index (χ1n) is 7.28. The molecule has 0 saturated carbocycles. The predicted molar refractivity (Wildman–Crippen MR) is 89.6 cm³/mol. The standard InChI is InChI=1S/C17H17ClF2N2O2/c1-11(14-4-2-3-5-15(14)18)21-10-16(23)22-12-6-8-13(9-7-12)24-17(19)20/h2-9,11,17,21H,10H2,1H3,(H,22,23)/t11-/m1/s1. The molecule has 0 radical (unpaired) electrons. The van der Waals surface area contributed by atoms with Gasteiger partial charge >= 0.3 is 6.61 Å². The summed E-state index contributed by atoms with van der Waals surface area (Å²) in [6.07, 6.45) is 0. The second-order valence-corrected chi connectivity index (χ2v) is 5.48. The van der Waals surface area contributed by atoms with Crippen molar-refractivity contribution in [2.24, 2.45) is 0 Å². The Morgan fingerprint density at radius 2 is 1.83 bits per heavy atom. The largest absolute Gasteiger partial charge is 0.435 e. The third kappa shape index (κ3) is 5.47. The van der Waals surface area contributed by atoms with Crippen LogP contribution in [-0.2, 0) is 4.79 Å². The van der Waals surface area contributed by atoms with Gasteiger partial charge in [-0.1, -0.05) is 29.8 Å². The molecule has 0 saturated heterocycles. The fourth-order valence-corrected chi connectivity index (χ4v) is 2.41. The Kier molecular flexibility index (Phi) is 6.52. The van der Waals surface area contributed by atoms with Crippen LogP contribution in [0.5, 0.6) is 5.75 Å². The van der Waals surface area contributed by atoms with Gasteiger partial charge in [0.15, 0.2) is 0 Å². The maximum absolute atomic E-state index is 12.1. The van der Waals surface area contributed by atoms with Crippen LogP contribution in [0.1, 0.15) is 18.5 Å². The summed E-state index contributed by atoms with van der Waals surface area (Å²) < 4.78 is 28.4. The van der Waals surface area contributed by atoms with E-state index in [4.69, 9.17) is 11.6 Å². The van der Waals surface area contributed by atoms with Crippen LogP contribution in [0.4, 0.5) is 14.5 Å². The number of anilines is 1. The Labute approximate surface area is 143 Å². The highest BCUT2D eigenvalue weighted by molar-refractivity contribution is 6.31. The van der Waals surface area contributed by atoms with Crippen LogP contribution in [-0.4, -0.2) is 19.1 Å². The van der Waals surface area contributed by atoms with Gasteiger partial charge in [0.1, 0.15) is 5.75 Å². The third-order valence-electron chi connectivity index (χ3n) is 3.30. The van der Waals surface area contributed by atoms with Crippen molar-refractivity contribution in [2.45, 2.75) is 19.6 Å². The quantitative estimate of drug-likeness (QED) is 0.782. The Hall–Kier alpha value is -2.18. The normalized spacial score (nSPS) is 12.0. The minimum Gasteiger partial charge on any atom is -0.435 e. The molecule has 0 aliphatic carbocycles. The van der Waals surface area contributed by atoms with E-state index >= 15 is 0 Å². The van der Waals surface area contributed by atoms with Crippen LogP contribution in [0.2, 0.25) is 5.02 Å². The molecule has 0 spiro atoms. The molecule has 2 N–H and O–H groups in total. The molecule has 0 unspecified atom stereocenters. The molecule has 2 aromatic carbocycles. The molecule has 0 bridgehead atoms. The van der Waals surface area contributed by atoms with E-state index in [1.54, 1.807) is 6.07 Å². The van der Waals surface area contributed by atoms with E-state index in [2.05, 4.69) is 15.4 Å². The van der Waals surface area contributed by atoms with Gasteiger partial charge < -0.3 is 15.4 Å². The van der Waals surface area contributed by atoms with Gasteiger partial charge in [-0.05, 0) is 42.8 Å². The van der Waals surface area contributed by atoms with Crippen LogP contribution >= 0.6 is 11.6 Å². The van der Waals surface area contributed by atoms with Gasteiger partial charge in [0.05, 0.1) is 6.54 Å². The maximum atomic E-state index is 12.1. The van der Waals surface area contributed by atoms with E-state index in [0.717, 1.165) is 5.56 Å². The number of ether oxygens (including phenoxy) is 1. The van der Waals surface area contributed by atoms with E-state index in [9.17, 15) is 13.6 Å². The Morgan fingerprint density at radius 3 is 2.46 bits per heavy atom. The monoisotopic (exact) mass is 354 g/mol. The van der Waals surface area contributed by atoms with Crippen molar-refractivity contribution in [1.29, 1.82) is 0 Å². The van der Waals surface area contributed by atoms with Crippen molar-refractivity contribution >= 4 is 23.2 Å². The van der Waals surface area contributed by atoms with Crippen LogP contribution in [0.15, 0.2) is 48.5 Å². The summed E-state index contributed by atoms with van der Waals surface area (Å²) in [5.41, 5.74) is 1.40. The zero-order valence-corrected chi connectivity index (χ0v) is 13.7. The Balaban J connectivity index is 1.84. The lowest BCUT2D eigenvalue weighted by atomic mass is 10.1. The van der Waals surface area contributed by atoms with Crippen molar-refractivity contribution in [3.05, 3.63) is 59.1 Å². The Morgan fingerprint density at radius 1 is 1.17 bits per heavy atom. The number of benzene rings is 2. The summed E-state index contributed by atoms with van der Waals surface area (Å²) in [7, 11) is 0. The second kappa shape index (κ2) is 8.61. The lowest BCUT2D eigenvalue weighted by Gasteiger charge is -2.15. The number of amides is 1. The maximum Gasteiger partial charge on any atom is 0.387 e. The number of rotatable bonds is 7. The molecule has 24 heavy (non-hydrogen) atoms. The van der Waals surface area contributed by atoms with Crippen LogP contribution in [0, 0.1) is 0 Å². The summed E-state index contributed by atoms with van der Waals surface area (Å²) in [5.74, 6) is -0.218. The molecule has 7 heteroatoms. The summed E-state index contributed by atoms with van der Waals surface area (Å²) in [6.45, 7) is -0.881. The lowest BCUT2D eigenvalue weighted by molar-refractivity contribution is -0.115. The van der Waals surface area contributed by atoms with Gasteiger partial charge in [-0.15, -0.1) is 0 Å². The number of hydrogen-bond acceptors (Lipinski definition) is 3. The number of nitrogens with one attached hydrogen (secondary N) is 2. The van der Waals surface area contributed by atoms with Gasteiger partial charge in [0, 0.05) is 16.8 Å². The highest BCUT2D eigenvalue weighted by Crippen LogP contribution is 2.22. The SMILES string of the molecule is C[C@@H](NCC(=O)Nc1ccc(OC(F)F)cc1)c1ccccc1Cl. The van der Waals surface area contributed by atoms with E-state index in [1.165, 1.54) is 24.3 Å². The van der Waals surface area contributed by atoms with Gasteiger partial charge in [0.2, 0.25) is 5.91 Å². The average molecular weight is 355 g/mol. The van der Waals surface area contributed by atoms with Crippen molar-refractivity contribution < 1.29 is 18.3 Å². The third-order valence-corrected chi connectivity index (χ3v) is 3.65. The minimum atomic E-state index is -2.87. The summed E-state index contributed by atoms with van der Waals surface area (Å²) in [5, 5.41) is 6.38. The van der Waals surface area contributed by atoms with Crippen molar-refractivity contribution in [1.82, 2.24) is 5.32 Å². The van der Waals surface area contributed by atoms with Crippen LogP contribution < -0.4 is 15.4 Å². The van der Waals surface area contributed by atoms with Crippen LogP contribution in [0.25, 0.3) is 0 Å². The fraction of sp³-hybridized carbons (Fsp3) is 0.235. The molecule has 1 atom stereocenters. The van der Waals surface area contributed by atoms with Gasteiger partial charge in [-0.3, -0.25) is 4.79 Å². The molecule has 0 aliphatic heterocycles. The van der Waals surface area contributed by atoms with Crippen molar-refractivity contribution in [2.75, 3.05) is 11.9 Å². The minimum absolute atomic E-state index is 0.0356. The first-order chi connectivity index (χ1) is 11.5. The first kappa shape index (κ1) is 18.2. The van der Waals surface area contributed by atoms with E-state index in [0.29, 0.717) is 10.7 Å². The molecule has 2 aromatic rings. The van der Waals surface area contributed by atoms with Crippen LogP contribution in [0.3, 0.4) is 0 Å². The zero-order chi connectivity index (χ0) is 17.5. The molecule has 0 fully saturated rings. The Bertz CT molecular complexity index is 681. The number of halogens is 3. The fourth-order valence-electron chi connectivity index (χ4n) is 2.11. The molecule has 0 heterocycles. The number of carbonyl (C=O) groups excluding carboxylic acids is 1. The number of hydrogen-bond donors (Lipinski definition) is 2. The molecular formula is C17H17ClF2N2O2. The zero-order valence-electron chi connectivity index (χ0n) is 12.9. The molecule has 0 aromatic heterocycles. The van der Waals surface area contributed by atoms with Gasteiger partial charge in [0.25, 0.3) is 0 Å². The summed E-state index contributed by atoms with van der Waals surface area (Å²) in [4.78, 5) is 11.9. The lowest BCUT2D eigenvalue weighted by Crippen LogP contribution is -2.30. The van der Waals surface area contributed by atoms with E-state index in [-0.39, 0.29) is 24.2 Å². The van der Waals surface area contributed by atoms with Gasteiger partial charge in [-0.25, -0.2) is 0 Å². The number of alkyl halides is 2. The first-order valence-corrected chi connectivity index (χ1v) is 7.66. The van der Waals surface area contributed by atoms with Crippen molar-refractivity contribution in [3.8, 4) is 5.75 Å². The van der Waals surface area contributed by atoms with E-state index < -0.39 is 6.61 Å². The van der Waals surface area contributed by atoms with Gasteiger partial charge in [-0.2, -0.15) is 8.78 Å². The average Bonchev–Trinajstić information content (AvgIpc) is 2.54. The molecule has 1 amide bonds. The highest BCUT2D eigenvalue weighted by atomic mass is 35.5. The van der Waals surface area contributed by atoms with Crippen molar-refractivity contribution in [3.63, 3.8) is 0 Å². The summed E-state index contributed by atoms with van der Waals surface area (Å²) in [6, 6.07) is 13.0.